The molecule has 2 heterocycles. The van der Waals surface area contributed by atoms with Crippen LogP contribution in [0.2, 0.25) is 5.15 Å². The van der Waals surface area contributed by atoms with Gasteiger partial charge in [0, 0.05) is 24.5 Å². The second kappa shape index (κ2) is 5.89. The average molecular weight is 269 g/mol. The van der Waals surface area contributed by atoms with Crippen molar-refractivity contribution in [2.24, 2.45) is 0 Å². The van der Waals surface area contributed by atoms with E-state index in [0.29, 0.717) is 11.2 Å². The third-order valence-electron chi connectivity index (χ3n) is 3.88. The fourth-order valence-electron chi connectivity index (χ4n) is 2.62. The molecule has 1 aromatic rings. The minimum absolute atomic E-state index is 0.0484. The van der Waals surface area contributed by atoms with Crippen LogP contribution in [0.4, 0.5) is 5.69 Å². The Bertz CT molecular complexity index is 393. The predicted molar refractivity (Wildman–Crippen MR) is 75.2 cm³/mol. The van der Waals surface area contributed by atoms with Gasteiger partial charge in [-0.3, -0.25) is 0 Å². The Morgan fingerprint density at radius 3 is 2.94 bits per heavy atom. The number of ether oxygens (including phenoxy) is 1. The van der Waals surface area contributed by atoms with Crippen molar-refractivity contribution in [3.63, 3.8) is 0 Å². The summed E-state index contributed by atoms with van der Waals surface area (Å²) >= 11 is 5.90. The van der Waals surface area contributed by atoms with Crippen LogP contribution in [0.3, 0.4) is 0 Å². The Hall–Kier alpha value is -0.800. The molecule has 0 amide bonds. The maximum Gasteiger partial charge on any atom is 0.131 e. The van der Waals surface area contributed by atoms with Crippen molar-refractivity contribution in [1.82, 2.24) is 4.98 Å². The lowest BCUT2D eigenvalue weighted by Crippen LogP contribution is -2.43. The summed E-state index contributed by atoms with van der Waals surface area (Å²) in [5.74, 6) is 0. The molecule has 4 heteroatoms. The first-order chi connectivity index (χ1) is 8.67. The first kappa shape index (κ1) is 13.6. The molecule has 0 bridgehead atoms. The fraction of sp³-hybridized carbons (Fsp3) is 0.643. The topological polar surface area (TPSA) is 34.2 Å². The normalized spacial score (nSPS) is 22.7. The first-order valence-corrected chi connectivity index (χ1v) is 7.07. The van der Waals surface area contributed by atoms with Crippen LogP contribution >= 0.6 is 11.6 Å². The van der Waals surface area contributed by atoms with Crippen molar-refractivity contribution in [2.45, 2.75) is 51.2 Å². The highest BCUT2D eigenvalue weighted by Gasteiger charge is 2.34. The van der Waals surface area contributed by atoms with Crippen LogP contribution in [-0.4, -0.2) is 23.2 Å². The largest absolute Gasteiger partial charge is 0.382 e. The van der Waals surface area contributed by atoms with Crippen molar-refractivity contribution >= 4 is 17.3 Å². The number of anilines is 1. The van der Waals surface area contributed by atoms with E-state index in [-0.39, 0.29) is 5.60 Å². The van der Waals surface area contributed by atoms with Gasteiger partial charge >= 0.3 is 0 Å². The van der Waals surface area contributed by atoms with Gasteiger partial charge < -0.3 is 10.1 Å². The highest BCUT2D eigenvalue weighted by molar-refractivity contribution is 6.29. The van der Waals surface area contributed by atoms with E-state index >= 15 is 0 Å². The van der Waals surface area contributed by atoms with Crippen LogP contribution in [0.1, 0.15) is 39.5 Å². The van der Waals surface area contributed by atoms with Crippen molar-refractivity contribution in [3.8, 4) is 0 Å². The third-order valence-corrected chi connectivity index (χ3v) is 4.09. The number of pyridine rings is 1. The van der Waals surface area contributed by atoms with Gasteiger partial charge in [0.25, 0.3) is 0 Å². The number of hydrogen-bond acceptors (Lipinski definition) is 3. The number of nitrogens with zero attached hydrogens (tertiary/aromatic N) is 1. The smallest absolute Gasteiger partial charge is 0.131 e. The van der Waals surface area contributed by atoms with Crippen LogP contribution < -0.4 is 5.32 Å². The zero-order valence-corrected chi connectivity index (χ0v) is 11.8. The molecule has 3 nitrogen and oxygen atoms in total. The molecule has 18 heavy (non-hydrogen) atoms. The SMILES string of the molecule is CCC1(CC)CC(Nc2ccnc(Cl)c2)CCO1. The van der Waals surface area contributed by atoms with Gasteiger partial charge in [-0.05, 0) is 37.8 Å². The molecule has 1 aliphatic rings. The second-order valence-corrected chi connectivity index (χ2v) is 5.33. The Labute approximate surface area is 114 Å². The van der Waals surface area contributed by atoms with Crippen molar-refractivity contribution in [1.29, 1.82) is 0 Å². The van der Waals surface area contributed by atoms with Crippen LogP contribution in [0.5, 0.6) is 0 Å². The van der Waals surface area contributed by atoms with Crippen LogP contribution in [-0.2, 0) is 4.74 Å². The number of nitrogens with one attached hydrogen (secondary N) is 1. The Morgan fingerprint density at radius 1 is 1.50 bits per heavy atom. The molecule has 0 spiro atoms. The molecule has 1 saturated heterocycles. The number of hydrogen-bond donors (Lipinski definition) is 1. The molecule has 1 fully saturated rings. The zero-order chi connectivity index (χ0) is 13.0. The van der Waals surface area contributed by atoms with Gasteiger partial charge in [0.2, 0.25) is 0 Å². The van der Waals surface area contributed by atoms with Crippen molar-refractivity contribution in [3.05, 3.63) is 23.5 Å². The maximum absolute atomic E-state index is 5.98. The molecule has 0 saturated carbocycles. The number of rotatable bonds is 4. The minimum atomic E-state index is 0.0484. The molecule has 0 radical (unpaired) electrons. The van der Waals surface area contributed by atoms with E-state index in [9.17, 15) is 0 Å². The van der Waals surface area contributed by atoms with Gasteiger partial charge in [-0.25, -0.2) is 4.98 Å². The zero-order valence-electron chi connectivity index (χ0n) is 11.1. The van der Waals surface area contributed by atoms with E-state index in [1.54, 1.807) is 6.20 Å². The van der Waals surface area contributed by atoms with Gasteiger partial charge in [-0.2, -0.15) is 0 Å². The van der Waals surface area contributed by atoms with Crippen molar-refractivity contribution in [2.75, 3.05) is 11.9 Å². The standard InChI is InChI=1S/C14H21ClN2O/c1-3-14(4-2)10-12(6-8-18-14)17-11-5-7-16-13(15)9-11/h5,7,9,12H,3-4,6,8,10H2,1-2H3,(H,16,17). The van der Waals surface area contributed by atoms with Gasteiger partial charge in [0.1, 0.15) is 5.15 Å². The molecular formula is C14H21ClN2O. The Morgan fingerprint density at radius 2 is 2.28 bits per heavy atom. The summed E-state index contributed by atoms with van der Waals surface area (Å²) in [6.07, 6.45) is 5.97. The van der Waals surface area contributed by atoms with E-state index in [2.05, 4.69) is 24.1 Å². The van der Waals surface area contributed by atoms with Gasteiger partial charge in [-0.1, -0.05) is 25.4 Å². The van der Waals surface area contributed by atoms with E-state index in [1.165, 1.54) is 0 Å². The quantitative estimate of drug-likeness (QED) is 0.842. The first-order valence-electron chi connectivity index (χ1n) is 6.69. The summed E-state index contributed by atoms with van der Waals surface area (Å²) in [6, 6.07) is 4.29. The average Bonchev–Trinajstić information content (AvgIpc) is 2.39. The Balaban J connectivity index is 2.01. The third kappa shape index (κ3) is 3.15. The van der Waals surface area contributed by atoms with Gasteiger partial charge in [-0.15, -0.1) is 0 Å². The molecule has 100 valence electrons. The molecule has 1 aromatic heterocycles. The molecule has 0 aliphatic carbocycles. The predicted octanol–water partition coefficient (Wildman–Crippen LogP) is 3.88. The molecule has 1 N–H and O–H groups in total. The summed E-state index contributed by atoms with van der Waals surface area (Å²) in [6.45, 7) is 5.24. The molecule has 0 aromatic carbocycles. The van der Waals surface area contributed by atoms with E-state index < -0.39 is 0 Å². The molecular weight excluding hydrogens is 248 g/mol. The lowest BCUT2D eigenvalue weighted by Gasteiger charge is -2.40. The molecule has 1 unspecified atom stereocenters. The van der Waals surface area contributed by atoms with Gasteiger partial charge in [0.15, 0.2) is 0 Å². The summed E-state index contributed by atoms with van der Waals surface area (Å²) in [4.78, 5) is 3.99. The van der Waals surface area contributed by atoms with E-state index in [4.69, 9.17) is 16.3 Å². The lowest BCUT2D eigenvalue weighted by molar-refractivity contribution is -0.0864. The van der Waals surface area contributed by atoms with Crippen molar-refractivity contribution < 1.29 is 4.74 Å². The highest BCUT2D eigenvalue weighted by Crippen LogP contribution is 2.32. The summed E-state index contributed by atoms with van der Waals surface area (Å²) in [5.41, 5.74) is 1.09. The van der Waals surface area contributed by atoms with Crippen LogP contribution in [0.25, 0.3) is 0 Å². The Kier molecular flexibility index (Phi) is 4.46. The highest BCUT2D eigenvalue weighted by atomic mass is 35.5. The number of aromatic nitrogens is 1. The summed E-state index contributed by atoms with van der Waals surface area (Å²) < 4.78 is 5.98. The monoisotopic (exact) mass is 268 g/mol. The summed E-state index contributed by atoms with van der Waals surface area (Å²) in [5, 5.41) is 4.07. The molecule has 1 aliphatic heterocycles. The van der Waals surface area contributed by atoms with Crippen LogP contribution in [0, 0.1) is 0 Å². The second-order valence-electron chi connectivity index (χ2n) is 4.94. The molecule has 2 rings (SSSR count). The maximum atomic E-state index is 5.98. The minimum Gasteiger partial charge on any atom is -0.382 e. The van der Waals surface area contributed by atoms with E-state index in [0.717, 1.165) is 38.0 Å². The number of halogens is 1. The van der Waals surface area contributed by atoms with Crippen LogP contribution in [0.15, 0.2) is 18.3 Å². The van der Waals surface area contributed by atoms with E-state index in [1.807, 2.05) is 12.1 Å². The lowest BCUT2D eigenvalue weighted by atomic mass is 9.86. The fourth-order valence-corrected chi connectivity index (χ4v) is 2.80. The van der Waals surface area contributed by atoms with Gasteiger partial charge in [0.05, 0.1) is 5.60 Å². The summed E-state index contributed by atoms with van der Waals surface area (Å²) in [7, 11) is 0. The molecule has 1 atom stereocenters.